The summed E-state index contributed by atoms with van der Waals surface area (Å²) in [6, 6.07) is 9.78. The molecular weight excluding hydrogens is 240 g/mol. The van der Waals surface area contributed by atoms with Crippen LogP contribution in [0.2, 0.25) is 0 Å². The Kier molecular flexibility index (Phi) is 2.92. The van der Waals surface area contributed by atoms with E-state index in [9.17, 15) is 0 Å². The average molecular weight is 269 g/mol. The zero-order valence-electron chi connectivity index (χ0n) is 16.8. The van der Waals surface area contributed by atoms with Crippen LogP contribution in [0, 0.1) is 11.8 Å². The Bertz CT molecular complexity index is 704. The Morgan fingerprint density at radius 3 is 1.90 bits per heavy atom. The molecule has 2 aromatic rings. The molecule has 0 aliphatic heterocycles. The van der Waals surface area contributed by atoms with Crippen molar-refractivity contribution >= 4 is 0 Å². The fourth-order valence-corrected chi connectivity index (χ4v) is 3.25. The molecule has 0 spiro atoms. The van der Waals surface area contributed by atoms with Crippen molar-refractivity contribution in [3.05, 3.63) is 71.7 Å². The lowest BCUT2D eigenvalue weighted by Gasteiger charge is -2.28. The van der Waals surface area contributed by atoms with Gasteiger partial charge in [-0.15, -0.1) is 0 Å². The second-order valence-corrected chi connectivity index (χ2v) is 5.88. The van der Waals surface area contributed by atoms with Gasteiger partial charge in [0.1, 0.15) is 0 Å². The van der Waals surface area contributed by atoms with E-state index in [2.05, 4.69) is 24.3 Å². The van der Waals surface area contributed by atoms with E-state index < -0.39 is 0 Å². The van der Waals surface area contributed by atoms with Crippen LogP contribution in [0.25, 0.3) is 0 Å². The van der Waals surface area contributed by atoms with Crippen LogP contribution in [0.5, 0.6) is 0 Å². The zero-order chi connectivity index (χ0) is 18.0. The molecule has 3 rings (SSSR count). The molecule has 1 saturated carbocycles. The van der Waals surface area contributed by atoms with Crippen LogP contribution < -0.4 is 0 Å². The van der Waals surface area contributed by atoms with E-state index in [4.69, 9.17) is 6.85 Å². The monoisotopic (exact) mass is 269 g/mol. The Hall–Kier alpha value is -1.56. The summed E-state index contributed by atoms with van der Waals surface area (Å²) in [6.07, 6.45) is 6.14. The maximum absolute atomic E-state index is 8.07. The first kappa shape index (κ1) is 8.67. The van der Waals surface area contributed by atoms with Crippen molar-refractivity contribution in [2.45, 2.75) is 38.5 Å². The highest BCUT2D eigenvalue weighted by Crippen LogP contribution is 2.32. The van der Waals surface area contributed by atoms with Gasteiger partial charge in [-0.05, 0) is 61.5 Å². The highest BCUT2D eigenvalue weighted by molar-refractivity contribution is 5.16. The summed E-state index contributed by atoms with van der Waals surface area (Å²) in [4.78, 5) is 0. The summed E-state index contributed by atoms with van der Waals surface area (Å²) in [5.41, 5.74) is 1.87. The van der Waals surface area contributed by atoms with Crippen LogP contribution in [0.15, 0.2) is 60.5 Å². The number of rotatable bonds is 4. The minimum Gasteiger partial charge on any atom is -0.0622 e. The lowest BCUT2D eigenvalue weighted by molar-refractivity contribution is 0.272. The lowest BCUT2D eigenvalue weighted by atomic mass is 9.77. The van der Waals surface area contributed by atoms with Gasteiger partial charge in [-0.1, -0.05) is 60.5 Å². The van der Waals surface area contributed by atoms with Crippen LogP contribution >= 0.6 is 0 Å². The Morgan fingerprint density at radius 2 is 1.30 bits per heavy atom. The first-order valence-electron chi connectivity index (χ1n) is 10.1. The average Bonchev–Trinajstić information content (AvgIpc) is 2.64. The first-order chi connectivity index (χ1) is 12.0. The number of hydrogen-bond donors (Lipinski definition) is 0. The molecule has 2 aromatic carbocycles. The summed E-state index contributed by atoms with van der Waals surface area (Å²) >= 11 is 0. The Balaban J connectivity index is 1.63. The second kappa shape index (κ2) is 6.74. The molecule has 0 N–H and O–H groups in total. The summed E-state index contributed by atoms with van der Waals surface area (Å²) in [7, 11) is 0. The van der Waals surface area contributed by atoms with Crippen LogP contribution in [0.3, 0.4) is 0 Å². The SMILES string of the molecule is [2H]c1c([2H])c([2H])c(CC2CCC(Cc3ccccc3)CC2)c([2H])c1[2H]. The van der Waals surface area contributed by atoms with Crippen molar-refractivity contribution in [3.63, 3.8) is 0 Å². The van der Waals surface area contributed by atoms with Crippen molar-refractivity contribution in [3.8, 4) is 0 Å². The molecule has 0 heterocycles. The van der Waals surface area contributed by atoms with Crippen molar-refractivity contribution in [1.29, 1.82) is 0 Å². The van der Waals surface area contributed by atoms with Gasteiger partial charge in [0.15, 0.2) is 0 Å². The van der Waals surface area contributed by atoms with Gasteiger partial charge in [-0.2, -0.15) is 0 Å². The molecule has 0 heteroatoms. The summed E-state index contributed by atoms with van der Waals surface area (Å²) in [5.74, 6) is 1.11. The summed E-state index contributed by atoms with van der Waals surface area (Å²) in [5, 5.41) is 0. The van der Waals surface area contributed by atoms with Crippen molar-refractivity contribution in [2.75, 3.05) is 0 Å². The minimum absolute atomic E-state index is 0.0302. The molecule has 1 aliphatic carbocycles. The second-order valence-electron chi connectivity index (χ2n) is 5.88. The van der Waals surface area contributed by atoms with Gasteiger partial charge in [0, 0.05) is 0 Å². The van der Waals surface area contributed by atoms with E-state index in [1.54, 1.807) is 0 Å². The van der Waals surface area contributed by atoms with E-state index in [1.807, 2.05) is 6.07 Å². The maximum Gasteiger partial charge on any atom is 0.0626 e. The molecule has 0 radical (unpaired) electrons. The quantitative estimate of drug-likeness (QED) is 0.708. The van der Waals surface area contributed by atoms with E-state index in [-0.39, 0.29) is 30.2 Å². The Morgan fingerprint density at radius 1 is 0.750 bits per heavy atom. The third-order valence-corrected chi connectivity index (χ3v) is 4.38. The van der Waals surface area contributed by atoms with Crippen LogP contribution in [-0.4, -0.2) is 0 Å². The summed E-state index contributed by atoms with van der Waals surface area (Å²) in [6.45, 7) is 0. The third kappa shape index (κ3) is 3.72. The molecule has 0 unspecified atom stereocenters. The predicted octanol–water partition coefficient (Wildman–Crippen LogP) is 5.28. The van der Waals surface area contributed by atoms with Crippen LogP contribution in [0.4, 0.5) is 0 Å². The van der Waals surface area contributed by atoms with Crippen LogP contribution in [-0.2, 0) is 12.8 Å². The third-order valence-electron chi connectivity index (χ3n) is 4.38. The molecule has 0 bridgehead atoms. The minimum atomic E-state index is -0.301. The lowest BCUT2D eigenvalue weighted by Crippen LogP contribution is -2.18. The van der Waals surface area contributed by atoms with E-state index in [1.165, 1.54) is 5.56 Å². The van der Waals surface area contributed by atoms with Gasteiger partial charge in [0.05, 0.1) is 6.85 Å². The first-order valence-corrected chi connectivity index (χ1v) is 7.57. The van der Waals surface area contributed by atoms with Gasteiger partial charge in [-0.3, -0.25) is 0 Å². The van der Waals surface area contributed by atoms with E-state index >= 15 is 0 Å². The molecule has 0 saturated heterocycles. The smallest absolute Gasteiger partial charge is 0.0622 e. The molecule has 0 aromatic heterocycles. The van der Waals surface area contributed by atoms with Crippen molar-refractivity contribution in [2.24, 2.45) is 11.8 Å². The van der Waals surface area contributed by atoms with Gasteiger partial charge < -0.3 is 0 Å². The fraction of sp³-hybridized carbons (Fsp3) is 0.400. The highest BCUT2D eigenvalue weighted by atomic mass is 14.3. The maximum atomic E-state index is 8.07. The molecule has 20 heavy (non-hydrogen) atoms. The number of benzene rings is 2. The largest absolute Gasteiger partial charge is 0.0626 e. The van der Waals surface area contributed by atoms with Gasteiger partial charge in [-0.25, -0.2) is 0 Å². The molecule has 0 atom stereocenters. The standard InChI is InChI=1S/C20H24/c1-3-7-17(8-4-1)15-19-11-13-20(14-12-19)16-18-9-5-2-6-10-18/h1-10,19-20H,11-16H2/i1D,3D,4D,7D,8D. The molecule has 0 nitrogen and oxygen atoms in total. The molecule has 104 valence electrons. The van der Waals surface area contributed by atoms with E-state index in [0.717, 1.165) is 32.1 Å². The fourth-order valence-electron chi connectivity index (χ4n) is 3.25. The number of hydrogen-bond acceptors (Lipinski definition) is 0. The van der Waals surface area contributed by atoms with E-state index in [0.29, 0.717) is 23.8 Å². The molecule has 0 amide bonds. The van der Waals surface area contributed by atoms with Gasteiger partial charge in [0.2, 0.25) is 0 Å². The molecular formula is C20H24. The zero-order valence-corrected chi connectivity index (χ0v) is 11.8. The molecule has 1 aliphatic rings. The van der Waals surface area contributed by atoms with Gasteiger partial charge >= 0.3 is 0 Å². The highest BCUT2D eigenvalue weighted by Gasteiger charge is 2.21. The normalized spacial score (nSPS) is 26.1. The predicted molar refractivity (Wildman–Crippen MR) is 85.7 cm³/mol. The Labute approximate surface area is 129 Å². The molecule has 1 fully saturated rings. The van der Waals surface area contributed by atoms with Crippen molar-refractivity contribution < 1.29 is 6.85 Å². The van der Waals surface area contributed by atoms with Gasteiger partial charge in [0.25, 0.3) is 0 Å². The topological polar surface area (TPSA) is 0 Å². The van der Waals surface area contributed by atoms with Crippen molar-refractivity contribution in [1.82, 2.24) is 0 Å². The van der Waals surface area contributed by atoms with Crippen LogP contribution in [0.1, 0.15) is 43.7 Å². The summed E-state index contributed by atoms with van der Waals surface area (Å²) < 4.78 is 39.4.